The average molecular weight is 260 g/mol. The first kappa shape index (κ1) is 11.3. The van der Waals surface area contributed by atoms with Crippen molar-refractivity contribution in [3.63, 3.8) is 0 Å². The quantitative estimate of drug-likeness (QED) is 0.652. The van der Waals surface area contributed by atoms with Gasteiger partial charge in [0.1, 0.15) is 0 Å². The minimum absolute atomic E-state index is 0.179. The summed E-state index contributed by atoms with van der Waals surface area (Å²) in [6.07, 6.45) is 5.28. The Balaban J connectivity index is 2.31. The van der Waals surface area contributed by atoms with Crippen molar-refractivity contribution in [1.82, 2.24) is 4.98 Å². The monoisotopic (exact) mass is 259 g/mol. The van der Waals surface area contributed by atoms with Crippen molar-refractivity contribution in [2.75, 3.05) is 0 Å². The fourth-order valence-electron chi connectivity index (χ4n) is 1.10. The van der Waals surface area contributed by atoms with Crippen molar-refractivity contribution in [2.45, 2.75) is 32.6 Å². The molecule has 0 fully saturated rings. The summed E-state index contributed by atoms with van der Waals surface area (Å²) in [7, 11) is 0. The molecule has 0 aromatic carbocycles. The third-order valence-corrected chi connectivity index (χ3v) is 2.49. The molecule has 78 valence electrons. The fourth-order valence-corrected chi connectivity index (χ4v) is 1.43. The molecule has 0 aliphatic carbocycles. The number of carbonyl (C=O) groups is 1. The van der Waals surface area contributed by atoms with E-state index in [9.17, 15) is 4.79 Å². The molecule has 4 heteroatoms. The highest BCUT2D eigenvalue weighted by molar-refractivity contribution is 9.10. The molecule has 1 aromatic rings. The Morgan fingerprint density at radius 3 is 2.93 bits per heavy atom. The molecule has 0 aliphatic rings. The number of aromatic amines is 1. The summed E-state index contributed by atoms with van der Waals surface area (Å²) >= 11 is 3.27. The van der Waals surface area contributed by atoms with E-state index in [2.05, 4.69) is 27.8 Å². The number of rotatable bonds is 5. The Labute approximate surface area is 92.0 Å². The van der Waals surface area contributed by atoms with E-state index < -0.39 is 0 Å². The zero-order valence-electron chi connectivity index (χ0n) is 8.18. The van der Waals surface area contributed by atoms with Crippen molar-refractivity contribution in [1.29, 1.82) is 0 Å². The maximum Gasteiger partial charge on any atom is 0.312 e. The summed E-state index contributed by atoms with van der Waals surface area (Å²) in [5.41, 5.74) is 0. The molecule has 1 heterocycles. The lowest BCUT2D eigenvalue weighted by molar-refractivity contribution is -0.134. The largest absolute Gasteiger partial charge is 0.408 e. The molecule has 0 saturated heterocycles. The number of aromatic nitrogens is 1. The predicted octanol–water partition coefficient (Wildman–Crippen LogP) is 3.26. The molecule has 0 atom stereocenters. The van der Waals surface area contributed by atoms with Crippen LogP contribution in [0.4, 0.5) is 0 Å². The molecule has 0 saturated carbocycles. The van der Waals surface area contributed by atoms with Crippen LogP contribution in [-0.4, -0.2) is 11.0 Å². The van der Waals surface area contributed by atoms with Gasteiger partial charge in [0, 0.05) is 12.6 Å². The maximum atomic E-state index is 11.3. The van der Waals surface area contributed by atoms with Crippen molar-refractivity contribution < 1.29 is 9.53 Å². The van der Waals surface area contributed by atoms with Crippen LogP contribution in [-0.2, 0) is 4.79 Å². The number of esters is 1. The minimum Gasteiger partial charge on any atom is -0.408 e. The standard InChI is InChI=1S/C10H14BrNO2/c1-2-3-4-5-9(13)14-10-8(11)6-7-12-10/h6-7,12H,2-5H2,1H3. The van der Waals surface area contributed by atoms with Gasteiger partial charge in [0.15, 0.2) is 0 Å². The molecule has 0 radical (unpaired) electrons. The molecule has 0 bridgehead atoms. The zero-order chi connectivity index (χ0) is 10.4. The van der Waals surface area contributed by atoms with E-state index in [1.165, 1.54) is 0 Å². The van der Waals surface area contributed by atoms with Crippen LogP contribution < -0.4 is 4.74 Å². The van der Waals surface area contributed by atoms with Crippen molar-refractivity contribution >= 4 is 21.9 Å². The van der Waals surface area contributed by atoms with Gasteiger partial charge in [-0.15, -0.1) is 0 Å². The second kappa shape index (κ2) is 5.86. The molecule has 3 nitrogen and oxygen atoms in total. The highest BCUT2D eigenvalue weighted by Crippen LogP contribution is 2.22. The third-order valence-electron chi connectivity index (χ3n) is 1.86. The zero-order valence-corrected chi connectivity index (χ0v) is 9.76. The number of unbranched alkanes of at least 4 members (excludes halogenated alkanes) is 2. The molecular formula is C10H14BrNO2. The Kier molecular flexibility index (Phi) is 4.73. The van der Waals surface area contributed by atoms with Crippen LogP contribution in [0.25, 0.3) is 0 Å². The van der Waals surface area contributed by atoms with Crippen LogP contribution in [0.2, 0.25) is 0 Å². The van der Waals surface area contributed by atoms with Crippen LogP contribution >= 0.6 is 15.9 Å². The minimum atomic E-state index is -0.179. The van der Waals surface area contributed by atoms with Gasteiger partial charge in [-0.3, -0.25) is 4.79 Å². The molecule has 1 rings (SSSR count). The number of hydrogen-bond donors (Lipinski definition) is 1. The summed E-state index contributed by atoms with van der Waals surface area (Å²) in [5.74, 6) is 0.313. The van der Waals surface area contributed by atoms with Crippen LogP contribution in [0.5, 0.6) is 5.88 Å². The van der Waals surface area contributed by atoms with E-state index in [1.807, 2.05) is 0 Å². The first-order valence-corrected chi connectivity index (χ1v) is 5.57. The van der Waals surface area contributed by atoms with Gasteiger partial charge < -0.3 is 9.72 Å². The first-order chi connectivity index (χ1) is 6.74. The number of ether oxygens (including phenoxy) is 1. The fraction of sp³-hybridized carbons (Fsp3) is 0.500. The number of H-pyrrole nitrogens is 1. The van der Waals surface area contributed by atoms with E-state index >= 15 is 0 Å². The molecule has 0 spiro atoms. The highest BCUT2D eigenvalue weighted by atomic mass is 79.9. The molecular weight excluding hydrogens is 246 g/mol. The second-order valence-electron chi connectivity index (χ2n) is 3.09. The summed E-state index contributed by atoms with van der Waals surface area (Å²) < 4.78 is 5.87. The van der Waals surface area contributed by atoms with Crippen LogP contribution in [0.3, 0.4) is 0 Å². The smallest absolute Gasteiger partial charge is 0.312 e. The molecule has 0 unspecified atom stereocenters. The van der Waals surface area contributed by atoms with E-state index in [4.69, 9.17) is 4.74 Å². The Morgan fingerprint density at radius 1 is 1.57 bits per heavy atom. The van der Waals surface area contributed by atoms with Crippen LogP contribution in [0, 0.1) is 0 Å². The van der Waals surface area contributed by atoms with E-state index in [0.717, 1.165) is 23.7 Å². The second-order valence-corrected chi connectivity index (χ2v) is 3.94. The highest BCUT2D eigenvalue weighted by Gasteiger charge is 2.07. The van der Waals surface area contributed by atoms with Gasteiger partial charge in [-0.25, -0.2) is 0 Å². The van der Waals surface area contributed by atoms with Gasteiger partial charge in [-0.1, -0.05) is 19.8 Å². The maximum absolute atomic E-state index is 11.3. The third kappa shape index (κ3) is 3.54. The van der Waals surface area contributed by atoms with Crippen LogP contribution in [0.1, 0.15) is 32.6 Å². The van der Waals surface area contributed by atoms with Gasteiger partial charge in [-0.05, 0) is 28.4 Å². The van der Waals surface area contributed by atoms with Gasteiger partial charge in [-0.2, -0.15) is 0 Å². The Morgan fingerprint density at radius 2 is 2.36 bits per heavy atom. The lowest BCUT2D eigenvalue weighted by Crippen LogP contribution is -2.07. The summed E-state index contributed by atoms with van der Waals surface area (Å²) in [5, 5.41) is 0. The molecule has 0 aliphatic heterocycles. The molecule has 0 amide bonds. The Bertz CT molecular complexity index is 296. The van der Waals surface area contributed by atoms with E-state index in [0.29, 0.717) is 12.3 Å². The lowest BCUT2D eigenvalue weighted by atomic mass is 10.2. The summed E-state index contributed by atoms with van der Waals surface area (Å²) in [6.45, 7) is 2.10. The lowest BCUT2D eigenvalue weighted by Gasteiger charge is -2.01. The topological polar surface area (TPSA) is 42.1 Å². The van der Waals surface area contributed by atoms with Crippen LogP contribution in [0.15, 0.2) is 16.7 Å². The SMILES string of the molecule is CCCCCC(=O)Oc1[nH]ccc1Br. The number of hydrogen-bond acceptors (Lipinski definition) is 2. The number of carbonyl (C=O) groups excluding carboxylic acids is 1. The van der Waals surface area contributed by atoms with Crippen molar-refractivity contribution in [2.24, 2.45) is 0 Å². The summed E-state index contributed by atoms with van der Waals surface area (Å²) in [6, 6.07) is 1.80. The molecule has 14 heavy (non-hydrogen) atoms. The van der Waals surface area contributed by atoms with Gasteiger partial charge >= 0.3 is 5.97 Å². The Hall–Kier alpha value is -0.770. The van der Waals surface area contributed by atoms with E-state index in [-0.39, 0.29) is 5.97 Å². The normalized spacial score (nSPS) is 10.1. The summed E-state index contributed by atoms with van der Waals surface area (Å²) in [4.78, 5) is 14.1. The van der Waals surface area contributed by atoms with E-state index in [1.54, 1.807) is 12.3 Å². The molecule has 1 aromatic heterocycles. The molecule has 1 N–H and O–H groups in total. The first-order valence-electron chi connectivity index (χ1n) is 4.77. The number of halogens is 1. The predicted molar refractivity (Wildman–Crippen MR) is 58.3 cm³/mol. The van der Waals surface area contributed by atoms with Crippen molar-refractivity contribution in [3.8, 4) is 5.88 Å². The van der Waals surface area contributed by atoms with Gasteiger partial charge in [0.25, 0.3) is 0 Å². The van der Waals surface area contributed by atoms with Gasteiger partial charge in [0.2, 0.25) is 5.88 Å². The van der Waals surface area contributed by atoms with Gasteiger partial charge in [0.05, 0.1) is 4.47 Å². The number of nitrogens with one attached hydrogen (secondary N) is 1. The average Bonchev–Trinajstić information content (AvgIpc) is 2.52. The van der Waals surface area contributed by atoms with Crippen molar-refractivity contribution in [3.05, 3.63) is 16.7 Å².